The van der Waals surface area contributed by atoms with Crippen molar-refractivity contribution in [2.75, 3.05) is 34.0 Å². The molecule has 320 valence electrons. The highest BCUT2D eigenvalue weighted by atomic mass is 16.7. The molecule has 2 saturated heterocycles. The zero-order chi connectivity index (χ0) is 42.7. The van der Waals surface area contributed by atoms with E-state index >= 15 is 0 Å². The van der Waals surface area contributed by atoms with Gasteiger partial charge in [-0.2, -0.15) is 0 Å². The van der Waals surface area contributed by atoms with Gasteiger partial charge in [-0.25, -0.2) is 4.79 Å². The van der Waals surface area contributed by atoms with Gasteiger partial charge in [0.15, 0.2) is 17.8 Å². The SMILES string of the molecule is COc1cc(/C=C/COC(=O)C[C@](C)(CC(C)=O)O[C@@H]2O[C@H](COC(=O)/C=C/c3ccc(O)cc3)[C@@H](O)[C@H](O)[C@H]2O)cc(OC)c1O[C@@H]1O[C@H](CO)[C@@H](O)[C@H](O)[C@H]1O. The molecule has 0 unspecified atom stereocenters. The fourth-order valence-corrected chi connectivity index (χ4v) is 6.14. The van der Waals surface area contributed by atoms with Crippen LogP contribution in [0.25, 0.3) is 12.2 Å². The van der Waals surface area contributed by atoms with Crippen LogP contribution in [0.5, 0.6) is 23.0 Å². The molecule has 0 aromatic heterocycles. The van der Waals surface area contributed by atoms with Crippen LogP contribution in [0, 0.1) is 0 Å². The van der Waals surface area contributed by atoms with E-state index in [1.165, 1.54) is 64.5 Å². The lowest BCUT2D eigenvalue weighted by Crippen LogP contribution is -2.61. The molecule has 2 aliphatic heterocycles. The number of hydrogen-bond donors (Lipinski definition) is 8. The zero-order valence-electron chi connectivity index (χ0n) is 32.2. The molecule has 8 N–H and O–H groups in total. The Bertz CT molecular complexity index is 1720. The monoisotopic (exact) mass is 822 g/mol. The van der Waals surface area contributed by atoms with Gasteiger partial charge < -0.3 is 78.7 Å². The van der Waals surface area contributed by atoms with Crippen LogP contribution in [0.4, 0.5) is 0 Å². The summed E-state index contributed by atoms with van der Waals surface area (Å²) in [5.41, 5.74) is -0.563. The minimum absolute atomic E-state index is 0.0248. The van der Waals surface area contributed by atoms with Crippen molar-refractivity contribution in [2.24, 2.45) is 0 Å². The summed E-state index contributed by atoms with van der Waals surface area (Å²) < 4.78 is 44.1. The first kappa shape index (κ1) is 46.0. The molecule has 11 atom stereocenters. The number of Topliss-reactive ketones (excluding diaryl/α,β-unsaturated/α-hetero) is 1. The lowest BCUT2D eigenvalue weighted by atomic mass is 9.94. The summed E-state index contributed by atoms with van der Waals surface area (Å²) in [4.78, 5) is 37.6. The van der Waals surface area contributed by atoms with Crippen molar-refractivity contribution in [3.8, 4) is 23.0 Å². The molecule has 0 amide bonds. The molecule has 0 saturated carbocycles. The summed E-state index contributed by atoms with van der Waals surface area (Å²) in [7, 11) is 2.67. The molecule has 19 heteroatoms. The van der Waals surface area contributed by atoms with Crippen molar-refractivity contribution in [2.45, 2.75) is 93.7 Å². The molecule has 0 radical (unpaired) electrons. The minimum Gasteiger partial charge on any atom is -0.508 e. The molecule has 0 spiro atoms. The second kappa shape index (κ2) is 20.8. The maximum absolute atomic E-state index is 13.0. The number of carbonyl (C=O) groups is 3. The van der Waals surface area contributed by atoms with Gasteiger partial charge in [0.1, 0.15) is 73.6 Å². The van der Waals surface area contributed by atoms with Crippen molar-refractivity contribution < 1.29 is 93.1 Å². The molecule has 0 bridgehead atoms. The van der Waals surface area contributed by atoms with Crippen molar-refractivity contribution in [3.63, 3.8) is 0 Å². The van der Waals surface area contributed by atoms with Crippen LogP contribution in [0.2, 0.25) is 0 Å². The van der Waals surface area contributed by atoms with E-state index in [1.54, 1.807) is 18.2 Å². The zero-order valence-corrected chi connectivity index (χ0v) is 32.2. The van der Waals surface area contributed by atoms with Crippen molar-refractivity contribution in [3.05, 3.63) is 59.7 Å². The average Bonchev–Trinajstić information content (AvgIpc) is 3.18. The third-order valence-electron chi connectivity index (χ3n) is 9.12. The molecule has 2 fully saturated rings. The molecular weight excluding hydrogens is 772 g/mol. The van der Waals surface area contributed by atoms with Crippen LogP contribution in [-0.4, -0.2) is 160 Å². The molecular formula is C39H50O19. The number of hydrogen-bond acceptors (Lipinski definition) is 19. The number of esters is 2. The van der Waals surface area contributed by atoms with Crippen LogP contribution in [0.3, 0.4) is 0 Å². The van der Waals surface area contributed by atoms with Gasteiger partial charge >= 0.3 is 11.9 Å². The van der Waals surface area contributed by atoms with E-state index in [2.05, 4.69) is 0 Å². The van der Waals surface area contributed by atoms with Gasteiger partial charge in [0.25, 0.3) is 0 Å². The number of aromatic hydroxyl groups is 1. The Morgan fingerprint density at radius 2 is 1.34 bits per heavy atom. The number of ketones is 1. The van der Waals surface area contributed by atoms with Gasteiger partial charge in [-0.05, 0) is 61.4 Å². The molecule has 19 nitrogen and oxygen atoms in total. The summed E-state index contributed by atoms with van der Waals surface area (Å²) in [6.45, 7) is 1.17. The Morgan fingerprint density at radius 3 is 1.93 bits per heavy atom. The predicted molar refractivity (Wildman–Crippen MR) is 198 cm³/mol. The minimum atomic E-state index is -1.83. The fraction of sp³-hybridized carbons (Fsp3) is 0.513. The van der Waals surface area contributed by atoms with Crippen LogP contribution in [0.1, 0.15) is 37.8 Å². The van der Waals surface area contributed by atoms with E-state index in [0.717, 1.165) is 6.08 Å². The van der Waals surface area contributed by atoms with Gasteiger partial charge in [0.05, 0.1) is 32.8 Å². The highest BCUT2D eigenvalue weighted by Gasteiger charge is 2.48. The number of ether oxygens (including phenoxy) is 8. The lowest BCUT2D eigenvalue weighted by Gasteiger charge is -2.43. The molecule has 2 aliphatic rings. The molecule has 0 aliphatic carbocycles. The number of phenols is 1. The molecule has 2 heterocycles. The molecule has 2 aromatic carbocycles. The van der Waals surface area contributed by atoms with Crippen LogP contribution < -0.4 is 14.2 Å². The molecule has 58 heavy (non-hydrogen) atoms. The molecule has 4 rings (SSSR count). The summed E-state index contributed by atoms with van der Waals surface area (Å²) >= 11 is 0. The van der Waals surface area contributed by atoms with E-state index in [-0.39, 0.29) is 36.0 Å². The Hall–Kier alpha value is -4.67. The second-order valence-electron chi connectivity index (χ2n) is 13.8. The largest absolute Gasteiger partial charge is 0.508 e. The van der Waals surface area contributed by atoms with E-state index in [1.807, 2.05) is 0 Å². The van der Waals surface area contributed by atoms with Crippen molar-refractivity contribution in [1.29, 1.82) is 0 Å². The number of methoxy groups -OCH3 is 2. The number of carbonyl (C=O) groups excluding carboxylic acids is 3. The van der Waals surface area contributed by atoms with Gasteiger partial charge in [-0.15, -0.1) is 0 Å². The third kappa shape index (κ3) is 12.2. The summed E-state index contributed by atoms with van der Waals surface area (Å²) in [5, 5.41) is 81.3. The Kier molecular flexibility index (Phi) is 16.5. The highest BCUT2D eigenvalue weighted by molar-refractivity contribution is 5.87. The number of benzene rings is 2. The molecule has 2 aromatic rings. The Balaban J connectivity index is 1.36. The summed E-state index contributed by atoms with van der Waals surface area (Å²) in [5.74, 6) is -1.80. The van der Waals surface area contributed by atoms with Crippen LogP contribution in [0.15, 0.2) is 48.6 Å². The standard InChI is InChI=1S/C39H50O19/c1-20(41)16-39(2,58-38-35(50)33(48)31(46)27(56-38)19-54-28(43)12-9-21-7-10-23(42)11-8-21)17-29(44)53-13-5-6-22-14-24(51-3)36(25(15-22)52-4)57-37-34(49)32(47)30(45)26(18-40)55-37/h5-12,14-15,26-27,30-35,37-38,40,42,45-50H,13,16-19H2,1-4H3/b6-5+,12-9+/t26-,27-,30-,31-,32+,33+,34-,35-,37+,38+,39+/m1/s1. The quantitative estimate of drug-likeness (QED) is 0.0685. The van der Waals surface area contributed by atoms with E-state index in [0.29, 0.717) is 11.1 Å². The topological polar surface area (TPSA) is 287 Å². The smallest absolute Gasteiger partial charge is 0.330 e. The number of aliphatic hydroxyl groups excluding tert-OH is 7. The fourth-order valence-electron chi connectivity index (χ4n) is 6.14. The number of phenolic OH excluding ortho intramolecular Hbond substituents is 1. The Morgan fingerprint density at radius 1 is 0.759 bits per heavy atom. The second-order valence-corrected chi connectivity index (χ2v) is 13.8. The van der Waals surface area contributed by atoms with Crippen LogP contribution >= 0.6 is 0 Å². The van der Waals surface area contributed by atoms with Gasteiger partial charge in [0, 0.05) is 12.5 Å². The van der Waals surface area contributed by atoms with E-state index in [9.17, 15) is 55.2 Å². The third-order valence-corrected chi connectivity index (χ3v) is 9.12. The Labute approximate surface area is 333 Å². The average molecular weight is 823 g/mol. The van der Waals surface area contributed by atoms with E-state index < -0.39 is 104 Å². The van der Waals surface area contributed by atoms with Gasteiger partial charge in [-0.3, -0.25) is 9.59 Å². The maximum atomic E-state index is 13.0. The number of rotatable bonds is 18. The maximum Gasteiger partial charge on any atom is 0.330 e. The first-order valence-electron chi connectivity index (χ1n) is 18.0. The van der Waals surface area contributed by atoms with Crippen molar-refractivity contribution >= 4 is 29.9 Å². The highest BCUT2D eigenvalue weighted by Crippen LogP contribution is 2.41. The summed E-state index contributed by atoms with van der Waals surface area (Å²) in [6.07, 6.45) is -11.4. The van der Waals surface area contributed by atoms with Gasteiger partial charge in [0.2, 0.25) is 12.0 Å². The van der Waals surface area contributed by atoms with E-state index in [4.69, 9.17) is 37.9 Å². The van der Waals surface area contributed by atoms with Gasteiger partial charge in [-0.1, -0.05) is 18.2 Å². The normalized spacial score (nSPS) is 28.5. The predicted octanol–water partition coefficient (Wildman–Crippen LogP) is -0.647. The van der Waals surface area contributed by atoms with Crippen LogP contribution in [-0.2, 0) is 38.1 Å². The van der Waals surface area contributed by atoms with Crippen molar-refractivity contribution in [1.82, 2.24) is 0 Å². The lowest BCUT2D eigenvalue weighted by molar-refractivity contribution is -0.325. The summed E-state index contributed by atoms with van der Waals surface area (Å²) in [6, 6.07) is 9.01. The first-order valence-corrected chi connectivity index (χ1v) is 18.0. The number of aliphatic hydroxyl groups is 7. The first-order chi connectivity index (χ1) is 27.5.